The van der Waals surface area contributed by atoms with Crippen molar-refractivity contribution in [3.63, 3.8) is 0 Å². The maximum absolute atomic E-state index is 10.4. The number of phenolic OH excluding ortho intramolecular Hbond substituents is 1. The zero-order valence-electron chi connectivity index (χ0n) is 12.1. The first kappa shape index (κ1) is 18.2. The van der Waals surface area contributed by atoms with Crippen LogP contribution in [0.1, 0.15) is 0 Å². The molecule has 0 atom stereocenters. The Labute approximate surface area is 129 Å². The lowest BCUT2D eigenvalue weighted by Gasteiger charge is -2.21. The number of nitro benzene ring substituents is 3. The second-order valence-corrected chi connectivity index (χ2v) is 4.52. The van der Waals surface area contributed by atoms with Gasteiger partial charge in [0.1, 0.15) is 0 Å². The van der Waals surface area contributed by atoms with E-state index in [1.54, 1.807) is 0 Å². The van der Waals surface area contributed by atoms with Crippen LogP contribution in [0.2, 0.25) is 0 Å². The molecule has 12 heteroatoms. The van der Waals surface area contributed by atoms with Gasteiger partial charge in [0.15, 0.2) is 0 Å². The Bertz CT molecular complexity index is 579. The number of non-ortho nitro benzene ring substituents is 1. The molecule has 2 rings (SSSR count). The highest BCUT2D eigenvalue weighted by Gasteiger charge is 2.30. The summed E-state index contributed by atoms with van der Waals surface area (Å²) in [6.45, 7) is 4.02. The number of likely N-dealkylation sites (N-methyl/N-ethyl adjacent to an activating group) is 1. The molecule has 1 N–H and O–H groups in total. The zero-order chi connectivity index (χ0) is 17.6. The van der Waals surface area contributed by atoms with Gasteiger partial charge in [-0.2, -0.15) is 0 Å². The van der Waals surface area contributed by atoms with E-state index in [-0.39, 0.29) is 0 Å². The summed E-state index contributed by atoms with van der Waals surface area (Å²) in [5.41, 5.74) is -3.00. The predicted octanol–water partition coefficient (Wildman–Crippen LogP) is 1.07. The zero-order valence-corrected chi connectivity index (χ0v) is 12.1. The molecule has 1 heterocycles. The minimum atomic E-state index is -1.21. The van der Waals surface area contributed by atoms with Gasteiger partial charge >= 0.3 is 11.4 Å². The molecule has 126 valence electrons. The van der Waals surface area contributed by atoms with E-state index in [2.05, 4.69) is 11.9 Å². The van der Waals surface area contributed by atoms with Crippen molar-refractivity contribution < 1.29 is 24.6 Å². The summed E-state index contributed by atoms with van der Waals surface area (Å²) >= 11 is 0. The largest absolute Gasteiger partial charge is 0.497 e. The summed E-state index contributed by atoms with van der Waals surface area (Å²) in [7, 11) is 2.11. The summed E-state index contributed by atoms with van der Waals surface area (Å²) in [6, 6.07) is 0.894. The quantitative estimate of drug-likeness (QED) is 0.630. The molecular formula is C11H14N4O8. The summed E-state index contributed by atoms with van der Waals surface area (Å²) in [5, 5.41) is 40.2. The molecule has 1 aliphatic heterocycles. The lowest BCUT2D eigenvalue weighted by Crippen LogP contribution is -2.32. The minimum Gasteiger partial charge on any atom is -0.497 e. The van der Waals surface area contributed by atoms with Crippen molar-refractivity contribution in [1.82, 2.24) is 4.90 Å². The first-order valence-corrected chi connectivity index (χ1v) is 6.30. The van der Waals surface area contributed by atoms with Gasteiger partial charge in [0.2, 0.25) is 0 Å². The maximum atomic E-state index is 10.4. The van der Waals surface area contributed by atoms with Gasteiger partial charge in [0.25, 0.3) is 11.4 Å². The smallest absolute Gasteiger partial charge is 0.324 e. The van der Waals surface area contributed by atoms with Crippen LogP contribution in [0.5, 0.6) is 5.75 Å². The number of phenols is 1. The number of morpholine rings is 1. The predicted molar refractivity (Wildman–Crippen MR) is 76.4 cm³/mol. The Morgan fingerprint density at radius 2 is 1.43 bits per heavy atom. The molecule has 0 amide bonds. The Kier molecular flexibility index (Phi) is 6.29. The highest BCUT2D eigenvalue weighted by molar-refractivity contribution is 5.64. The SMILES string of the molecule is CN1CCOCC1.O=[N+]([O-])c1cc([N+](=O)[O-])c(O)c([N+](=O)[O-])c1. The molecule has 0 unspecified atom stereocenters. The number of benzene rings is 1. The fourth-order valence-electron chi connectivity index (χ4n) is 1.63. The summed E-state index contributed by atoms with van der Waals surface area (Å²) in [6.07, 6.45) is 0. The van der Waals surface area contributed by atoms with Crippen molar-refractivity contribution in [1.29, 1.82) is 0 Å². The van der Waals surface area contributed by atoms with E-state index in [4.69, 9.17) is 9.84 Å². The highest BCUT2D eigenvalue weighted by atomic mass is 16.6. The fraction of sp³-hybridized carbons (Fsp3) is 0.455. The van der Waals surface area contributed by atoms with E-state index < -0.39 is 37.6 Å². The minimum absolute atomic E-state index is 0.447. The number of aromatic hydroxyl groups is 1. The monoisotopic (exact) mass is 330 g/mol. The highest BCUT2D eigenvalue weighted by Crippen LogP contribution is 2.38. The van der Waals surface area contributed by atoms with Crippen LogP contribution in [0.3, 0.4) is 0 Å². The summed E-state index contributed by atoms with van der Waals surface area (Å²) in [5.74, 6) is -1.21. The Morgan fingerprint density at radius 3 is 1.70 bits per heavy atom. The fourth-order valence-corrected chi connectivity index (χ4v) is 1.63. The number of rotatable bonds is 3. The van der Waals surface area contributed by atoms with Gasteiger partial charge in [-0.1, -0.05) is 0 Å². The van der Waals surface area contributed by atoms with E-state index in [9.17, 15) is 30.3 Å². The lowest BCUT2D eigenvalue weighted by atomic mass is 10.2. The van der Waals surface area contributed by atoms with Gasteiger partial charge in [0.05, 0.1) is 40.1 Å². The molecule has 1 fully saturated rings. The lowest BCUT2D eigenvalue weighted by molar-refractivity contribution is -0.404. The topological polar surface area (TPSA) is 162 Å². The van der Waals surface area contributed by atoms with Crippen LogP contribution >= 0.6 is 0 Å². The molecule has 1 saturated heterocycles. The maximum Gasteiger partial charge on any atom is 0.324 e. The van der Waals surface area contributed by atoms with Crippen LogP contribution in [0, 0.1) is 30.3 Å². The van der Waals surface area contributed by atoms with Crippen LogP contribution in [-0.2, 0) is 4.74 Å². The van der Waals surface area contributed by atoms with Crippen LogP contribution in [0.15, 0.2) is 12.1 Å². The van der Waals surface area contributed by atoms with Crippen LogP contribution in [0.4, 0.5) is 17.1 Å². The molecule has 23 heavy (non-hydrogen) atoms. The first-order chi connectivity index (χ1) is 10.7. The third kappa shape index (κ3) is 5.12. The normalized spacial score (nSPS) is 14.5. The third-order valence-corrected chi connectivity index (χ3v) is 2.89. The van der Waals surface area contributed by atoms with Crippen LogP contribution in [-0.4, -0.2) is 58.1 Å². The second-order valence-electron chi connectivity index (χ2n) is 4.52. The molecule has 0 spiro atoms. The van der Waals surface area contributed by atoms with Gasteiger partial charge in [-0.15, -0.1) is 0 Å². The van der Waals surface area contributed by atoms with Crippen molar-refractivity contribution in [3.8, 4) is 5.75 Å². The second kappa shape index (κ2) is 7.95. The molecular weight excluding hydrogens is 316 g/mol. The Balaban J connectivity index is 0.000000313. The third-order valence-electron chi connectivity index (χ3n) is 2.89. The van der Waals surface area contributed by atoms with Crippen molar-refractivity contribution in [2.45, 2.75) is 0 Å². The van der Waals surface area contributed by atoms with Crippen molar-refractivity contribution >= 4 is 17.1 Å². The van der Waals surface area contributed by atoms with E-state index in [1.165, 1.54) is 0 Å². The molecule has 1 aliphatic rings. The molecule has 0 aromatic heterocycles. The van der Waals surface area contributed by atoms with Crippen LogP contribution in [0.25, 0.3) is 0 Å². The Morgan fingerprint density at radius 1 is 1.00 bits per heavy atom. The molecule has 1 aromatic carbocycles. The van der Waals surface area contributed by atoms with E-state index in [1.807, 2.05) is 0 Å². The molecule has 0 saturated carbocycles. The molecule has 0 radical (unpaired) electrons. The van der Waals surface area contributed by atoms with Crippen molar-refractivity contribution in [2.75, 3.05) is 33.4 Å². The number of hydrogen-bond acceptors (Lipinski definition) is 9. The average molecular weight is 330 g/mol. The molecule has 12 nitrogen and oxygen atoms in total. The number of nitrogens with zero attached hydrogens (tertiary/aromatic N) is 4. The van der Waals surface area contributed by atoms with Gasteiger partial charge in [-0.3, -0.25) is 30.3 Å². The summed E-state index contributed by atoms with van der Waals surface area (Å²) < 4.78 is 5.10. The Hall–Kier alpha value is -2.86. The molecule has 1 aromatic rings. The van der Waals surface area contributed by atoms with Crippen molar-refractivity contribution in [2.24, 2.45) is 0 Å². The molecule has 0 bridgehead atoms. The first-order valence-electron chi connectivity index (χ1n) is 6.30. The standard InChI is InChI=1S/C6H3N3O7.C5H11NO/c10-6-4(8(13)14)1-3(7(11)12)2-5(6)9(15)16;1-6-2-4-7-5-3-6/h1-2,10H;2-5H2,1H3. The molecule has 0 aliphatic carbocycles. The van der Waals surface area contributed by atoms with Gasteiger partial charge in [0, 0.05) is 13.1 Å². The number of hydrogen-bond donors (Lipinski definition) is 1. The number of nitro groups is 3. The van der Waals surface area contributed by atoms with Gasteiger partial charge in [-0.25, -0.2) is 0 Å². The van der Waals surface area contributed by atoms with Gasteiger partial charge < -0.3 is 14.7 Å². The number of ether oxygens (including phenoxy) is 1. The van der Waals surface area contributed by atoms with Crippen molar-refractivity contribution in [3.05, 3.63) is 42.5 Å². The van der Waals surface area contributed by atoms with E-state index in [0.29, 0.717) is 12.1 Å². The van der Waals surface area contributed by atoms with E-state index in [0.717, 1.165) is 26.3 Å². The van der Waals surface area contributed by atoms with Gasteiger partial charge in [-0.05, 0) is 7.05 Å². The summed E-state index contributed by atoms with van der Waals surface area (Å²) in [4.78, 5) is 30.0. The van der Waals surface area contributed by atoms with Crippen LogP contribution < -0.4 is 0 Å². The van der Waals surface area contributed by atoms with E-state index >= 15 is 0 Å². The average Bonchev–Trinajstić information content (AvgIpc) is 2.48.